The molecule has 86 valence electrons. The Morgan fingerprint density at radius 3 is 2.88 bits per heavy atom. The molecule has 0 spiro atoms. The van der Waals surface area contributed by atoms with E-state index >= 15 is 0 Å². The fraction of sp³-hybridized carbons (Fsp3) is 0.273. The van der Waals surface area contributed by atoms with Crippen LogP contribution in [0.2, 0.25) is 5.02 Å². The van der Waals surface area contributed by atoms with Gasteiger partial charge >= 0.3 is 0 Å². The lowest BCUT2D eigenvalue weighted by molar-refractivity contribution is -0.122. The Bertz CT molecular complexity index is 393. The zero-order valence-corrected chi connectivity index (χ0v) is 9.61. The van der Waals surface area contributed by atoms with Crippen molar-refractivity contribution in [2.75, 3.05) is 13.7 Å². The highest BCUT2D eigenvalue weighted by Gasteiger charge is 2.13. The van der Waals surface area contributed by atoms with Gasteiger partial charge < -0.3 is 10.4 Å². The quantitative estimate of drug-likeness (QED) is 0.767. The van der Waals surface area contributed by atoms with Crippen LogP contribution < -0.4 is 5.32 Å². The second-order valence-electron chi connectivity index (χ2n) is 3.11. The molecule has 0 bridgehead atoms. The van der Waals surface area contributed by atoms with Crippen molar-refractivity contribution >= 4 is 23.7 Å². The summed E-state index contributed by atoms with van der Waals surface area (Å²) in [5.74, 6) is -0.328. The van der Waals surface area contributed by atoms with Crippen molar-refractivity contribution in [1.29, 1.82) is 0 Å². The summed E-state index contributed by atoms with van der Waals surface area (Å²) >= 11 is 5.91. The monoisotopic (exact) mass is 240 g/mol. The molecule has 4 nitrogen and oxygen atoms in total. The van der Waals surface area contributed by atoms with Crippen LogP contribution in [-0.2, 0) is 4.79 Å². The molecule has 0 unspecified atom stereocenters. The Balaban J connectivity index is 2.79. The molecule has 0 fully saturated rings. The number of aliphatic imine (C=N–C) groups is 1. The number of hydrogen-bond acceptors (Lipinski definition) is 3. The van der Waals surface area contributed by atoms with Crippen LogP contribution in [0.3, 0.4) is 0 Å². The van der Waals surface area contributed by atoms with E-state index in [9.17, 15) is 4.79 Å². The number of rotatable bonds is 4. The number of carbonyl (C=O) groups is 1. The number of halogens is 1. The smallest absolute Gasteiger partial charge is 0.246 e. The second-order valence-corrected chi connectivity index (χ2v) is 3.52. The lowest BCUT2D eigenvalue weighted by atomic mass is 10.2. The molecule has 0 aliphatic heterocycles. The molecule has 0 saturated heterocycles. The second kappa shape index (κ2) is 6.25. The van der Waals surface area contributed by atoms with E-state index in [0.717, 1.165) is 0 Å². The van der Waals surface area contributed by atoms with Gasteiger partial charge in [-0.25, -0.2) is 0 Å². The fourth-order valence-corrected chi connectivity index (χ4v) is 1.30. The Kier molecular flexibility index (Phi) is 4.95. The van der Waals surface area contributed by atoms with Crippen LogP contribution in [-0.4, -0.2) is 36.9 Å². The summed E-state index contributed by atoms with van der Waals surface area (Å²) < 4.78 is 0. The largest absolute Gasteiger partial charge is 0.394 e. The van der Waals surface area contributed by atoms with Gasteiger partial charge in [-0.2, -0.15) is 0 Å². The van der Waals surface area contributed by atoms with Crippen LogP contribution in [0.5, 0.6) is 0 Å². The van der Waals surface area contributed by atoms with Crippen LogP contribution in [0, 0.1) is 0 Å². The fourth-order valence-electron chi connectivity index (χ4n) is 1.11. The molecule has 16 heavy (non-hydrogen) atoms. The van der Waals surface area contributed by atoms with Crippen molar-refractivity contribution < 1.29 is 9.90 Å². The zero-order chi connectivity index (χ0) is 12.0. The van der Waals surface area contributed by atoms with Crippen molar-refractivity contribution in [2.45, 2.75) is 6.04 Å². The Morgan fingerprint density at radius 1 is 1.62 bits per heavy atom. The SMILES string of the molecule is CNC(=O)[C@H](CO)/N=C/c1ccccc1Cl. The van der Waals surface area contributed by atoms with E-state index in [2.05, 4.69) is 10.3 Å². The van der Waals surface area contributed by atoms with E-state index in [0.29, 0.717) is 10.6 Å². The van der Waals surface area contributed by atoms with Gasteiger partial charge in [0.05, 0.1) is 6.61 Å². The van der Waals surface area contributed by atoms with Gasteiger partial charge in [0.15, 0.2) is 6.04 Å². The number of carbonyl (C=O) groups excluding carboxylic acids is 1. The number of nitrogens with zero attached hydrogens (tertiary/aromatic N) is 1. The van der Waals surface area contributed by atoms with Gasteiger partial charge in [0, 0.05) is 23.8 Å². The average Bonchev–Trinajstić information content (AvgIpc) is 2.31. The third kappa shape index (κ3) is 3.32. The number of aliphatic hydroxyl groups excluding tert-OH is 1. The summed E-state index contributed by atoms with van der Waals surface area (Å²) in [6, 6.07) is 6.35. The summed E-state index contributed by atoms with van der Waals surface area (Å²) in [6.45, 7) is -0.333. The number of aliphatic hydroxyl groups is 1. The summed E-state index contributed by atoms with van der Waals surface area (Å²) in [6.07, 6.45) is 1.48. The summed E-state index contributed by atoms with van der Waals surface area (Å²) in [7, 11) is 1.50. The van der Waals surface area contributed by atoms with Gasteiger partial charge in [0.2, 0.25) is 5.91 Å². The van der Waals surface area contributed by atoms with Crippen LogP contribution in [0.4, 0.5) is 0 Å². The summed E-state index contributed by atoms with van der Waals surface area (Å²) in [5, 5.41) is 11.9. The third-order valence-corrected chi connectivity index (χ3v) is 2.36. The standard InChI is InChI=1S/C11H13ClN2O2/c1-13-11(16)10(7-15)14-6-8-4-2-3-5-9(8)12/h2-6,10,15H,7H2,1H3,(H,13,16)/b14-6+/t10-/m0/s1. The Hall–Kier alpha value is -1.39. The minimum atomic E-state index is -0.790. The van der Waals surface area contributed by atoms with Gasteiger partial charge in [0.1, 0.15) is 0 Å². The molecular weight excluding hydrogens is 228 g/mol. The van der Waals surface area contributed by atoms with Gasteiger partial charge in [-0.1, -0.05) is 29.8 Å². The molecule has 0 aliphatic carbocycles. The van der Waals surface area contributed by atoms with Crippen LogP contribution in [0.15, 0.2) is 29.3 Å². The normalized spacial score (nSPS) is 12.7. The molecule has 1 rings (SSSR count). The van der Waals surface area contributed by atoms with Gasteiger partial charge in [-0.3, -0.25) is 9.79 Å². The molecule has 1 atom stereocenters. The van der Waals surface area contributed by atoms with Crippen LogP contribution in [0.1, 0.15) is 5.56 Å². The van der Waals surface area contributed by atoms with E-state index in [4.69, 9.17) is 16.7 Å². The number of amides is 1. The van der Waals surface area contributed by atoms with Crippen molar-refractivity contribution in [3.05, 3.63) is 34.9 Å². The third-order valence-electron chi connectivity index (χ3n) is 2.02. The molecule has 0 saturated carbocycles. The average molecular weight is 241 g/mol. The molecule has 1 aromatic rings. The molecule has 1 aromatic carbocycles. The predicted octanol–water partition coefficient (Wildman–Crippen LogP) is 0.866. The summed E-state index contributed by atoms with van der Waals surface area (Å²) in [5.41, 5.74) is 0.714. The minimum absolute atomic E-state index is 0.328. The first kappa shape index (κ1) is 12.7. The van der Waals surface area contributed by atoms with Crippen molar-refractivity contribution in [2.24, 2.45) is 4.99 Å². The first-order chi connectivity index (χ1) is 7.69. The number of hydrogen-bond donors (Lipinski definition) is 2. The van der Waals surface area contributed by atoms with Crippen LogP contribution >= 0.6 is 11.6 Å². The molecule has 0 heterocycles. The van der Waals surface area contributed by atoms with E-state index in [-0.39, 0.29) is 12.5 Å². The highest BCUT2D eigenvalue weighted by molar-refractivity contribution is 6.33. The lowest BCUT2D eigenvalue weighted by Crippen LogP contribution is -2.33. The van der Waals surface area contributed by atoms with Gasteiger partial charge in [-0.15, -0.1) is 0 Å². The van der Waals surface area contributed by atoms with Crippen molar-refractivity contribution in [3.63, 3.8) is 0 Å². The van der Waals surface area contributed by atoms with E-state index in [1.807, 2.05) is 12.1 Å². The molecule has 5 heteroatoms. The first-order valence-corrected chi connectivity index (χ1v) is 5.17. The van der Waals surface area contributed by atoms with Crippen LogP contribution in [0.25, 0.3) is 0 Å². The molecule has 2 N–H and O–H groups in total. The van der Waals surface area contributed by atoms with E-state index < -0.39 is 6.04 Å². The number of benzene rings is 1. The highest BCUT2D eigenvalue weighted by Crippen LogP contribution is 2.12. The number of likely N-dealkylation sites (N-methyl/N-ethyl adjacent to an activating group) is 1. The lowest BCUT2D eigenvalue weighted by Gasteiger charge is -2.06. The Labute approximate surface area is 99.0 Å². The minimum Gasteiger partial charge on any atom is -0.394 e. The molecule has 1 amide bonds. The molecule has 0 aliphatic rings. The van der Waals surface area contributed by atoms with E-state index in [1.165, 1.54) is 13.3 Å². The van der Waals surface area contributed by atoms with Gasteiger partial charge in [0.25, 0.3) is 0 Å². The topological polar surface area (TPSA) is 61.7 Å². The maximum absolute atomic E-state index is 11.2. The molecular formula is C11H13ClN2O2. The van der Waals surface area contributed by atoms with Gasteiger partial charge in [-0.05, 0) is 6.07 Å². The maximum atomic E-state index is 11.2. The van der Waals surface area contributed by atoms with Crippen molar-refractivity contribution in [1.82, 2.24) is 5.32 Å². The van der Waals surface area contributed by atoms with Crippen molar-refractivity contribution in [3.8, 4) is 0 Å². The Morgan fingerprint density at radius 2 is 2.31 bits per heavy atom. The first-order valence-electron chi connectivity index (χ1n) is 4.79. The molecule has 0 aromatic heterocycles. The summed E-state index contributed by atoms with van der Waals surface area (Å²) in [4.78, 5) is 15.2. The maximum Gasteiger partial charge on any atom is 0.246 e. The predicted molar refractivity (Wildman–Crippen MR) is 64.0 cm³/mol. The van der Waals surface area contributed by atoms with E-state index in [1.54, 1.807) is 12.1 Å². The number of nitrogens with one attached hydrogen (secondary N) is 1. The zero-order valence-electron chi connectivity index (χ0n) is 8.85. The molecule has 0 radical (unpaired) electrons. The highest BCUT2D eigenvalue weighted by atomic mass is 35.5.